The maximum Gasteiger partial charge on any atom is 0.291 e. The Labute approximate surface area is 187 Å². The minimum Gasteiger partial charge on any atom is -0.451 e. The minimum atomic E-state index is -0.937. The molecule has 0 saturated carbocycles. The van der Waals surface area contributed by atoms with Crippen LogP contribution in [-0.4, -0.2) is 11.0 Å². The molecule has 1 amide bonds. The molecular weight excluding hydrogens is 466 g/mol. The summed E-state index contributed by atoms with van der Waals surface area (Å²) in [5.74, 6) is 0.321. The summed E-state index contributed by atoms with van der Waals surface area (Å²) in [4.78, 5) is 12.8. The van der Waals surface area contributed by atoms with Crippen molar-refractivity contribution in [3.8, 4) is 11.3 Å². The van der Waals surface area contributed by atoms with Gasteiger partial charge < -0.3 is 14.8 Å². The molecule has 0 fully saturated rings. The van der Waals surface area contributed by atoms with E-state index in [9.17, 15) is 9.90 Å². The van der Waals surface area contributed by atoms with Gasteiger partial charge in [0.25, 0.3) is 5.91 Å². The van der Waals surface area contributed by atoms with Gasteiger partial charge >= 0.3 is 0 Å². The van der Waals surface area contributed by atoms with Crippen molar-refractivity contribution >= 4 is 39.1 Å². The summed E-state index contributed by atoms with van der Waals surface area (Å²) in [6, 6.07) is 25.1. The number of carbonyl (C=O) groups is 1. The maximum atomic E-state index is 12.8. The second kappa shape index (κ2) is 8.88. The lowest BCUT2D eigenvalue weighted by atomic mass is 10.00. The molecule has 30 heavy (non-hydrogen) atoms. The molecule has 1 heterocycles. The van der Waals surface area contributed by atoms with E-state index in [0.717, 1.165) is 10.0 Å². The number of furan rings is 1. The number of hydrogen-bond donors (Lipinski definition) is 2. The Morgan fingerprint density at radius 3 is 2.47 bits per heavy atom. The van der Waals surface area contributed by atoms with E-state index in [1.807, 2.05) is 54.6 Å². The van der Waals surface area contributed by atoms with E-state index in [0.29, 0.717) is 27.6 Å². The van der Waals surface area contributed by atoms with Crippen molar-refractivity contribution < 1.29 is 14.3 Å². The molecule has 3 aromatic carbocycles. The molecule has 150 valence electrons. The quantitative estimate of drug-likeness (QED) is 0.333. The molecule has 1 aromatic heterocycles. The second-order valence-electron chi connectivity index (χ2n) is 6.64. The number of rotatable bonds is 5. The van der Waals surface area contributed by atoms with Crippen LogP contribution in [0.15, 0.2) is 93.8 Å². The lowest BCUT2D eigenvalue weighted by molar-refractivity contribution is 0.0997. The highest BCUT2D eigenvalue weighted by molar-refractivity contribution is 9.10. The van der Waals surface area contributed by atoms with Gasteiger partial charge in [-0.2, -0.15) is 0 Å². The monoisotopic (exact) mass is 481 g/mol. The number of anilines is 1. The van der Waals surface area contributed by atoms with Gasteiger partial charge in [0, 0.05) is 26.3 Å². The van der Waals surface area contributed by atoms with Crippen LogP contribution in [0.4, 0.5) is 5.69 Å². The van der Waals surface area contributed by atoms with Crippen molar-refractivity contribution in [2.75, 3.05) is 5.32 Å². The molecule has 0 aliphatic heterocycles. The van der Waals surface area contributed by atoms with Crippen LogP contribution < -0.4 is 5.32 Å². The van der Waals surface area contributed by atoms with Gasteiger partial charge in [-0.1, -0.05) is 76.1 Å². The molecule has 4 rings (SSSR count). The highest BCUT2D eigenvalue weighted by Gasteiger charge is 2.19. The smallest absolute Gasteiger partial charge is 0.291 e. The Morgan fingerprint density at radius 2 is 1.70 bits per heavy atom. The predicted octanol–water partition coefficient (Wildman–Crippen LogP) is 6.70. The zero-order valence-corrected chi connectivity index (χ0v) is 18.0. The van der Waals surface area contributed by atoms with Crippen LogP contribution in [0.1, 0.15) is 27.8 Å². The van der Waals surface area contributed by atoms with Gasteiger partial charge in [-0.05, 0) is 42.0 Å². The molecule has 4 nitrogen and oxygen atoms in total. The van der Waals surface area contributed by atoms with Crippen LogP contribution in [0.25, 0.3) is 11.3 Å². The van der Waals surface area contributed by atoms with Gasteiger partial charge in [0.2, 0.25) is 0 Å². The number of nitrogens with one attached hydrogen (secondary N) is 1. The van der Waals surface area contributed by atoms with Crippen molar-refractivity contribution in [3.63, 3.8) is 0 Å². The SMILES string of the molecule is O=C(Nc1ccc(Cl)cc1[C@H](O)c1ccccc1)c1ccc(-c2ccccc2Br)o1. The van der Waals surface area contributed by atoms with Gasteiger partial charge in [-0.25, -0.2) is 0 Å². The first-order valence-electron chi connectivity index (χ1n) is 9.21. The number of benzene rings is 3. The van der Waals surface area contributed by atoms with Gasteiger partial charge in [-0.3, -0.25) is 4.79 Å². The lowest BCUT2D eigenvalue weighted by Gasteiger charge is -2.17. The van der Waals surface area contributed by atoms with Crippen molar-refractivity contribution in [2.45, 2.75) is 6.10 Å². The summed E-state index contributed by atoms with van der Waals surface area (Å²) in [7, 11) is 0. The largest absolute Gasteiger partial charge is 0.451 e. The Hall–Kier alpha value is -2.86. The van der Waals surface area contributed by atoms with Gasteiger partial charge in [0.05, 0.1) is 0 Å². The van der Waals surface area contributed by atoms with Crippen LogP contribution in [0.5, 0.6) is 0 Å². The minimum absolute atomic E-state index is 0.163. The van der Waals surface area contributed by atoms with Crippen molar-refractivity contribution in [1.82, 2.24) is 0 Å². The third kappa shape index (κ3) is 4.33. The van der Waals surface area contributed by atoms with Crippen LogP contribution in [-0.2, 0) is 0 Å². The normalized spacial score (nSPS) is 11.8. The molecular formula is C24H17BrClNO3. The lowest BCUT2D eigenvalue weighted by Crippen LogP contribution is -2.14. The summed E-state index contributed by atoms with van der Waals surface area (Å²) in [6.45, 7) is 0. The zero-order chi connectivity index (χ0) is 21.1. The Balaban J connectivity index is 1.61. The van der Waals surface area contributed by atoms with Crippen molar-refractivity contribution in [3.05, 3.63) is 111 Å². The molecule has 0 aliphatic carbocycles. The number of aliphatic hydroxyl groups is 1. The summed E-state index contributed by atoms with van der Waals surface area (Å²) in [5, 5.41) is 14.1. The highest BCUT2D eigenvalue weighted by Crippen LogP contribution is 2.32. The first-order chi connectivity index (χ1) is 14.5. The molecule has 4 aromatic rings. The second-order valence-corrected chi connectivity index (χ2v) is 7.93. The molecule has 1 atom stereocenters. The third-order valence-electron chi connectivity index (χ3n) is 4.64. The molecule has 0 saturated heterocycles. The van der Waals surface area contributed by atoms with Crippen molar-refractivity contribution in [1.29, 1.82) is 0 Å². The summed E-state index contributed by atoms with van der Waals surface area (Å²) in [5.41, 5.74) is 2.51. The van der Waals surface area contributed by atoms with E-state index in [-0.39, 0.29) is 5.76 Å². The summed E-state index contributed by atoms with van der Waals surface area (Å²) < 4.78 is 6.64. The van der Waals surface area contributed by atoms with E-state index < -0.39 is 12.0 Å². The first-order valence-corrected chi connectivity index (χ1v) is 10.4. The Kier molecular flexibility index (Phi) is 6.04. The number of hydrogen-bond acceptors (Lipinski definition) is 3. The molecule has 2 N–H and O–H groups in total. The van der Waals surface area contributed by atoms with E-state index in [1.165, 1.54) is 0 Å². The predicted molar refractivity (Wildman–Crippen MR) is 122 cm³/mol. The summed E-state index contributed by atoms with van der Waals surface area (Å²) >= 11 is 9.63. The molecule has 0 unspecified atom stereocenters. The van der Waals surface area contributed by atoms with E-state index in [4.69, 9.17) is 16.0 Å². The number of aliphatic hydroxyl groups excluding tert-OH is 1. The first kappa shape index (κ1) is 20.4. The van der Waals surface area contributed by atoms with Crippen LogP contribution in [0.2, 0.25) is 5.02 Å². The topological polar surface area (TPSA) is 62.5 Å². The molecule has 0 bridgehead atoms. The number of amides is 1. The number of halogens is 2. The maximum absolute atomic E-state index is 12.8. The molecule has 0 radical (unpaired) electrons. The fourth-order valence-corrected chi connectivity index (χ4v) is 3.80. The van der Waals surface area contributed by atoms with Crippen LogP contribution in [0.3, 0.4) is 0 Å². The molecule has 0 spiro atoms. The summed E-state index contributed by atoms with van der Waals surface area (Å²) in [6.07, 6.45) is -0.937. The van der Waals surface area contributed by atoms with Crippen LogP contribution in [0, 0.1) is 0 Å². The molecule has 0 aliphatic rings. The van der Waals surface area contributed by atoms with E-state index >= 15 is 0 Å². The standard InChI is InChI=1S/C24H17BrClNO3/c25-19-9-5-4-8-17(19)21-12-13-22(30-21)24(29)27-20-11-10-16(26)14-18(20)23(28)15-6-2-1-3-7-15/h1-14,23,28H,(H,27,29)/t23-/m1/s1. The Morgan fingerprint density at radius 1 is 0.967 bits per heavy atom. The fraction of sp³-hybridized carbons (Fsp3) is 0.0417. The fourth-order valence-electron chi connectivity index (χ4n) is 3.14. The van der Waals surface area contributed by atoms with E-state index in [1.54, 1.807) is 30.3 Å². The average Bonchev–Trinajstić information content (AvgIpc) is 3.25. The van der Waals surface area contributed by atoms with Gasteiger partial charge in [0.1, 0.15) is 11.9 Å². The van der Waals surface area contributed by atoms with E-state index in [2.05, 4.69) is 21.2 Å². The van der Waals surface area contributed by atoms with Gasteiger partial charge in [0.15, 0.2) is 5.76 Å². The highest BCUT2D eigenvalue weighted by atomic mass is 79.9. The van der Waals surface area contributed by atoms with Gasteiger partial charge in [-0.15, -0.1) is 0 Å². The zero-order valence-electron chi connectivity index (χ0n) is 15.7. The Bertz CT molecular complexity index is 1190. The van der Waals surface area contributed by atoms with Crippen LogP contribution >= 0.6 is 27.5 Å². The number of carbonyl (C=O) groups excluding carboxylic acids is 1. The average molecular weight is 483 g/mol. The van der Waals surface area contributed by atoms with Crippen molar-refractivity contribution in [2.24, 2.45) is 0 Å². The molecule has 6 heteroatoms. The third-order valence-corrected chi connectivity index (χ3v) is 5.57.